The number of benzene rings is 1. The SMILES string of the molecule is [B]CC(=O)c1cc2c(c(C(C)(C)C)c1)OCCN2C. The van der Waals surface area contributed by atoms with Crippen molar-refractivity contribution < 1.29 is 9.53 Å². The molecule has 1 aromatic rings. The largest absolute Gasteiger partial charge is 0.489 e. The summed E-state index contributed by atoms with van der Waals surface area (Å²) >= 11 is 0. The quantitative estimate of drug-likeness (QED) is 0.602. The molecule has 100 valence electrons. The minimum atomic E-state index is -0.0762. The molecule has 3 nitrogen and oxygen atoms in total. The maximum atomic E-state index is 11.9. The third-order valence-electron chi connectivity index (χ3n) is 3.47. The van der Waals surface area contributed by atoms with Crippen LogP contribution in [0.25, 0.3) is 0 Å². The van der Waals surface area contributed by atoms with Crippen molar-refractivity contribution in [2.24, 2.45) is 0 Å². The zero-order chi connectivity index (χ0) is 14.2. The molecule has 2 rings (SSSR count). The zero-order valence-corrected chi connectivity index (χ0v) is 12.1. The van der Waals surface area contributed by atoms with Crippen molar-refractivity contribution in [3.8, 4) is 5.75 Å². The van der Waals surface area contributed by atoms with Crippen LogP contribution in [0.15, 0.2) is 12.1 Å². The van der Waals surface area contributed by atoms with E-state index in [1.807, 2.05) is 19.2 Å². The number of carbonyl (C=O) groups excluding carboxylic acids is 1. The Labute approximate surface area is 116 Å². The normalized spacial score (nSPS) is 14.8. The molecule has 0 fully saturated rings. The molecule has 1 aliphatic rings. The monoisotopic (exact) mass is 257 g/mol. The fraction of sp³-hybridized carbons (Fsp3) is 0.533. The van der Waals surface area contributed by atoms with Gasteiger partial charge in [0.05, 0.1) is 20.1 Å². The van der Waals surface area contributed by atoms with Gasteiger partial charge in [-0.3, -0.25) is 4.79 Å². The number of nitrogens with zero attached hydrogens (tertiary/aromatic N) is 1. The Hall–Kier alpha value is -1.45. The fourth-order valence-corrected chi connectivity index (χ4v) is 2.29. The number of anilines is 1. The predicted molar refractivity (Wildman–Crippen MR) is 78.8 cm³/mol. The van der Waals surface area contributed by atoms with Crippen molar-refractivity contribution >= 4 is 19.3 Å². The topological polar surface area (TPSA) is 29.5 Å². The molecular formula is C15H20BNO2. The third kappa shape index (κ3) is 2.62. The van der Waals surface area contributed by atoms with E-state index in [4.69, 9.17) is 12.6 Å². The van der Waals surface area contributed by atoms with Gasteiger partial charge in [-0.05, 0) is 23.9 Å². The van der Waals surface area contributed by atoms with Gasteiger partial charge in [0.1, 0.15) is 12.4 Å². The highest BCUT2D eigenvalue weighted by Crippen LogP contribution is 2.41. The summed E-state index contributed by atoms with van der Waals surface area (Å²) < 4.78 is 5.84. The molecule has 1 heterocycles. The first-order valence-corrected chi connectivity index (χ1v) is 6.60. The van der Waals surface area contributed by atoms with Crippen LogP contribution in [-0.2, 0) is 5.41 Å². The van der Waals surface area contributed by atoms with Crippen LogP contribution in [-0.4, -0.2) is 33.8 Å². The number of fused-ring (bicyclic) bond motifs is 1. The lowest BCUT2D eigenvalue weighted by Gasteiger charge is -2.33. The second kappa shape index (κ2) is 4.91. The van der Waals surface area contributed by atoms with Crippen molar-refractivity contribution in [2.75, 3.05) is 25.1 Å². The summed E-state index contributed by atoms with van der Waals surface area (Å²) in [4.78, 5) is 14.0. The summed E-state index contributed by atoms with van der Waals surface area (Å²) in [5.41, 5.74) is 2.64. The second-order valence-corrected chi connectivity index (χ2v) is 6.02. The van der Waals surface area contributed by atoms with Crippen LogP contribution in [0.1, 0.15) is 36.7 Å². The number of rotatable bonds is 2. The molecule has 19 heavy (non-hydrogen) atoms. The van der Waals surface area contributed by atoms with Crippen LogP contribution in [0.2, 0.25) is 6.32 Å². The molecule has 1 aliphatic heterocycles. The number of likely N-dealkylation sites (N-methyl/N-ethyl adjacent to an activating group) is 1. The number of ketones is 1. The van der Waals surface area contributed by atoms with Gasteiger partial charge in [-0.1, -0.05) is 20.8 Å². The van der Waals surface area contributed by atoms with Crippen molar-refractivity contribution in [3.05, 3.63) is 23.3 Å². The van der Waals surface area contributed by atoms with Crippen LogP contribution in [0.4, 0.5) is 5.69 Å². The van der Waals surface area contributed by atoms with Crippen LogP contribution >= 0.6 is 0 Å². The Bertz CT molecular complexity index is 506. The number of ether oxygens (including phenoxy) is 1. The molecule has 0 aromatic heterocycles. The Kier molecular flexibility index (Phi) is 3.61. The summed E-state index contributed by atoms with van der Waals surface area (Å²) in [6, 6.07) is 3.81. The van der Waals surface area contributed by atoms with Crippen molar-refractivity contribution in [1.82, 2.24) is 0 Å². The molecule has 0 N–H and O–H groups in total. The Morgan fingerprint density at radius 2 is 2.11 bits per heavy atom. The lowest BCUT2D eigenvalue weighted by atomic mass is 9.83. The average molecular weight is 257 g/mol. The Morgan fingerprint density at radius 3 is 2.68 bits per heavy atom. The number of hydrogen-bond acceptors (Lipinski definition) is 3. The van der Waals surface area contributed by atoms with E-state index in [0.717, 1.165) is 23.5 Å². The van der Waals surface area contributed by atoms with Gasteiger partial charge in [0.15, 0.2) is 5.78 Å². The van der Waals surface area contributed by atoms with E-state index < -0.39 is 0 Å². The first-order valence-electron chi connectivity index (χ1n) is 6.60. The minimum absolute atomic E-state index is 0.0347. The molecule has 0 saturated heterocycles. The maximum Gasteiger partial charge on any atom is 0.154 e. The van der Waals surface area contributed by atoms with Crippen molar-refractivity contribution in [3.63, 3.8) is 0 Å². The summed E-state index contributed by atoms with van der Waals surface area (Å²) in [6.07, 6.45) is 0.0347. The zero-order valence-electron chi connectivity index (χ0n) is 12.1. The molecule has 0 aliphatic carbocycles. The van der Waals surface area contributed by atoms with E-state index in [9.17, 15) is 4.79 Å². The maximum absolute atomic E-state index is 11.9. The van der Waals surface area contributed by atoms with E-state index in [1.165, 1.54) is 0 Å². The van der Waals surface area contributed by atoms with Crippen LogP contribution < -0.4 is 9.64 Å². The summed E-state index contributed by atoms with van der Waals surface area (Å²) in [5.74, 6) is 0.863. The molecule has 0 unspecified atom stereocenters. The van der Waals surface area contributed by atoms with E-state index in [-0.39, 0.29) is 17.5 Å². The minimum Gasteiger partial charge on any atom is -0.489 e. The highest BCUT2D eigenvalue weighted by atomic mass is 16.5. The van der Waals surface area contributed by atoms with Gasteiger partial charge in [-0.15, -0.1) is 0 Å². The molecule has 0 amide bonds. The molecule has 4 heteroatoms. The predicted octanol–water partition coefficient (Wildman–Crippen LogP) is 2.58. The summed E-state index contributed by atoms with van der Waals surface area (Å²) in [6.45, 7) is 7.87. The fourth-order valence-electron chi connectivity index (χ4n) is 2.29. The van der Waals surface area contributed by atoms with Gasteiger partial charge >= 0.3 is 0 Å². The smallest absolute Gasteiger partial charge is 0.154 e. The molecule has 0 spiro atoms. The highest BCUT2D eigenvalue weighted by molar-refractivity contribution is 6.24. The molecule has 1 aromatic carbocycles. The van der Waals surface area contributed by atoms with Crippen molar-refractivity contribution in [2.45, 2.75) is 32.5 Å². The molecular weight excluding hydrogens is 237 g/mol. The van der Waals surface area contributed by atoms with Gasteiger partial charge in [-0.25, -0.2) is 0 Å². The molecule has 2 radical (unpaired) electrons. The van der Waals surface area contributed by atoms with Crippen molar-refractivity contribution in [1.29, 1.82) is 0 Å². The van der Waals surface area contributed by atoms with E-state index in [0.29, 0.717) is 12.2 Å². The number of carbonyl (C=O) groups is 1. The summed E-state index contributed by atoms with van der Waals surface area (Å²) in [5, 5.41) is 0. The lowest BCUT2D eigenvalue weighted by molar-refractivity contribution is 0.101. The van der Waals surface area contributed by atoms with Crippen LogP contribution in [0.3, 0.4) is 0 Å². The highest BCUT2D eigenvalue weighted by Gasteiger charge is 2.27. The van der Waals surface area contributed by atoms with Gasteiger partial charge in [0.2, 0.25) is 0 Å². The standard InChI is InChI=1S/C15H20BNO2/c1-15(2,3)11-7-10(13(18)9-16)8-12-14(11)19-6-5-17(12)4/h7-8H,5-6,9H2,1-4H3. The van der Waals surface area contributed by atoms with E-state index in [1.54, 1.807) is 0 Å². The number of Topliss-reactive ketones (excluding diaryl/α,β-unsaturated/α-hetero) is 1. The molecule has 0 saturated carbocycles. The molecule has 0 atom stereocenters. The average Bonchev–Trinajstić information content (AvgIpc) is 2.36. The lowest BCUT2D eigenvalue weighted by Crippen LogP contribution is -2.31. The summed E-state index contributed by atoms with van der Waals surface area (Å²) in [7, 11) is 7.50. The van der Waals surface area contributed by atoms with E-state index in [2.05, 4.69) is 25.7 Å². The van der Waals surface area contributed by atoms with E-state index >= 15 is 0 Å². The van der Waals surface area contributed by atoms with Gasteiger partial charge < -0.3 is 9.64 Å². The van der Waals surface area contributed by atoms with Crippen LogP contribution in [0.5, 0.6) is 5.75 Å². The van der Waals surface area contributed by atoms with Gasteiger partial charge in [0.25, 0.3) is 0 Å². The van der Waals surface area contributed by atoms with Gasteiger partial charge in [-0.2, -0.15) is 0 Å². The van der Waals surface area contributed by atoms with Gasteiger partial charge in [0, 0.05) is 18.2 Å². The second-order valence-electron chi connectivity index (χ2n) is 6.02. The Morgan fingerprint density at radius 1 is 1.42 bits per heavy atom. The first kappa shape index (κ1) is 14.0. The Balaban J connectivity index is 2.64. The van der Waals surface area contributed by atoms with Crippen LogP contribution in [0, 0.1) is 0 Å². The first-order chi connectivity index (χ1) is 8.84. The number of hydrogen-bond donors (Lipinski definition) is 0. The third-order valence-corrected chi connectivity index (χ3v) is 3.47. The molecule has 0 bridgehead atoms.